The van der Waals surface area contributed by atoms with E-state index in [1.807, 2.05) is 0 Å². The van der Waals surface area contributed by atoms with Crippen LogP contribution in [0.1, 0.15) is 13.3 Å². The lowest BCUT2D eigenvalue weighted by molar-refractivity contribution is -0.384. The number of halogens is 1. The van der Waals surface area contributed by atoms with Crippen molar-refractivity contribution in [3.8, 4) is 0 Å². The molecule has 0 amide bonds. The SMILES string of the molecule is CCCN(CC(=O)O)c1cc(F)ccc1[N+](=O)[O-]. The Balaban J connectivity index is 3.19. The van der Waals surface area contributed by atoms with Crippen LogP contribution in [0.25, 0.3) is 0 Å². The second-order valence-corrected chi connectivity index (χ2v) is 3.71. The molecule has 0 saturated carbocycles. The average molecular weight is 256 g/mol. The highest BCUT2D eigenvalue weighted by molar-refractivity contribution is 5.76. The monoisotopic (exact) mass is 256 g/mol. The Hall–Kier alpha value is -2.18. The van der Waals surface area contributed by atoms with Crippen LogP contribution >= 0.6 is 0 Å². The first-order valence-corrected chi connectivity index (χ1v) is 5.36. The molecule has 0 saturated heterocycles. The van der Waals surface area contributed by atoms with Crippen molar-refractivity contribution in [3.63, 3.8) is 0 Å². The Labute approximate surface area is 103 Å². The molecular weight excluding hydrogens is 243 g/mol. The molecule has 1 rings (SSSR count). The van der Waals surface area contributed by atoms with Crippen molar-refractivity contribution in [1.82, 2.24) is 0 Å². The van der Waals surface area contributed by atoms with Gasteiger partial charge in [0.2, 0.25) is 0 Å². The summed E-state index contributed by atoms with van der Waals surface area (Å²) in [7, 11) is 0. The second-order valence-electron chi connectivity index (χ2n) is 3.71. The Kier molecular flexibility index (Phi) is 4.59. The van der Waals surface area contributed by atoms with E-state index in [1.165, 1.54) is 4.90 Å². The molecule has 0 aliphatic heterocycles. The van der Waals surface area contributed by atoms with Crippen molar-refractivity contribution < 1.29 is 19.2 Å². The molecule has 0 atom stereocenters. The van der Waals surface area contributed by atoms with Gasteiger partial charge in [-0.15, -0.1) is 0 Å². The summed E-state index contributed by atoms with van der Waals surface area (Å²) in [6.07, 6.45) is 0.598. The first-order chi connectivity index (χ1) is 8.45. The molecular formula is C11H13FN2O4. The first-order valence-electron chi connectivity index (χ1n) is 5.36. The molecule has 7 heteroatoms. The van der Waals surface area contributed by atoms with Gasteiger partial charge in [0.1, 0.15) is 18.0 Å². The van der Waals surface area contributed by atoms with Gasteiger partial charge in [-0.05, 0) is 12.5 Å². The molecule has 1 aromatic rings. The maximum Gasteiger partial charge on any atom is 0.323 e. The van der Waals surface area contributed by atoms with Gasteiger partial charge in [-0.25, -0.2) is 4.39 Å². The van der Waals surface area contributed by atoms with Gasteiger partial charge in [-0.2, -0.15) is 0 Å². The highest BCUT2D eigenvalue weighted by atomic mass is 19.1. The third-order valence-electron chi connectivity index (χ3n) is 2.29. The highest BCUT2D eigenvalue weighted by Gasteiger charge is 2.21. The molecule has 98 valence electrons. The van der Waals surface area contributed by atoms with Gasteiger partial charge >= 0.3 is 5.97 Å². The van der Waals surface area contributed by atoms with Crippen LogP contribution in [0.15, 0.2) is 18.2 Å². The number of benzene rings is 1. The minimum absolute atomic E-state index is 0.00995. The summed E-state index contributed by atoms with van der Waals surface area (Å²) in [5.74, 6) is -1.76. The lowest BCUT2D eigenvalue weighted by atomic mass is 10.2. The van der Waals surface area contributed by atoms with Crippen molar-refractivity contribution >= 4 is 17.3 Å². The van der Waals surface area contributed by atoms with Gasteiger partial charge in [0.25, 0.3) is 5.69 Å². The quantitative estimate of drug-likeness (QED) is 0.622. The Morgan fingerprint density at radius 1 is 1.56 bits per heavy atom. The maximum atomic E-state index is 13.2. The molecule has 0 aliphatic rings. The van der Waals surface area contributed by atoms with Gasteiger partial charge in [0.15, 0.2) is 0 Å². The Morgan fingerprint density at radius 3 is 2.72 bits per heavy atom. The number of carboxylic acids is 1. The standard InChI is InChI=1S/C11H13FN2O4/c1-2-5-13(7-11(15)16)10-6-8(12)3-4-9(10)14(17)18/h3-4,6H,2,5,7H2,1H3,(H,15,16). The van der Waals surface area contributed by atoms with Crippen LogP contribution in [0, 0.1) is 15.9 Å². The summed E-state index contributed by atoms with van der Waals surface area (Å²) in [6.45, 7) is 1.70. The van der Waals surface area contributed by atoms with Crippen LogP contribution in [0.3, 0.4) is 0 Å². The summed E-state index contributed by atoms with van der Waals surface area (Å²) >= 11 is 0. The van der Waals surface area contributed by atoms with Gasteiger partial charge in [0, 0.05) is 18.7 Å². The van der Waals surface area contributed by atoms with Crippen molar-refractivity contribution in [1.29, 1.82) is 0 Å². The minimum atomic E-state index is -1.12. The predicted molar refractivity (Wildman–Crippen MR) is 63.2 cm³/mol. The molecule has 6 nitrogen and oxygen atoms in total. The number of hydrogen-bond acceptors (Lipinski definition) is 4. The van der Waals surface area contributed by atoms with E-state index in [1.54, 1.807) is 6.92 Å². The summed E-state index contributed by atoms with van der Waals surface area (Å²) in [4.78, 5) is 22.2. The summed E-state index contributed by atoms with van der Waals surface area (Å²) < 4.78 is 13.2. The number of anilines is 1. The van der Waals surface area contributed by atoms with Crippen molar-refractivity contribution in [2.45, 2.75) is 13.3 Å². The van der Waals surface area contributed by atoms with Crippen molar-refractivity contribution in [2.75, 3.05) is 18.0 Å². The zero-order valence-electron chi connectivity index (χ0n) is 9.80. The molecule has 18 heavy (non-hydrogen) atoms. The zero-order valence-corrected chi connectivity index (χ0v) is 9.80. The minimum Gasteiger partial charge on any atom is -0.480 e. The molecule has 0 radical (unpaired) electrons. The summed E-state index contributed by atoms with van der Waals surface area (Å²) in [6, 6.07) is 3.00. The second kappa shape index (κ2) is 5.95. The maximum absolute atomic E-state index is 13.2. The van der Waals surface area contributed by atoms with Gasteiger partial charge in [-0.3, -0.25) is 14.9 Å². The van der Waals surface area contributed by atoms with E-state index in [9.17, 15) is 19.3 Å². The van der Waals surface area contributed by atoms with Crippen LogP contribution < -0.4 is 4.90 Å². The summed E-state index contributed by atoms with van der Waals surface area (Å²) in [5, 5.41) is 19.6. The lowest BCUT2D eigenvalue weighted by Crippen LogP contribution is -2.31. The molecule has 1 N–H and O–H groups in total. The molecule has 0 unspecified atom stereocenters. The fourth-order valence-electron chi connectivity index (χ4n) is 1.62. The first kappa shape index (κ1) is 13.9. The largest absolute Gasteiger partial charge is 0.480 e. The van der Waals surface area contributed by atoms with Crippen molar-refractivity contribution in [2.24, 2.45) is 0 Å². The van der Waals surface area contributed by atoms with E-state index < -0.39 is 23.3 Å². The number of carbonyl (C=O) groups is 1. The van der Waals surface area contributed by atoms with Crippen LogP contribution in [0.2, 0.25) is 0 Å². The molecule has 0 aliphatic carbocycles. The number of rotatable bonds is 6. The van der Waals surface area contributed by atoms with E-state index in [2.05, 4.69) is 0 Å². The van der Waals surface area contributed by atoms with Gasteiger partial charge in [-0.1, -0.05) is 6.92 Å². The van der Waals surface area contributed by atoms with Crippen LogP contribution in [0.4, 0.5) is 15.8 Å². The topological polar surface area (TPSA) is 83.7 Å². The number of nitro groups is 1. The van der Waals surface area contributed by atoms with E-state index >= 15 is 0 Å². The van der Waals surface area contributed by atoms with Gasteiger partial charge < -0.3 is 10.0 Å². The molecule has 0 fully saturated rings. The summed E-state index contributed by atoms with van der Waals surface area (Å²) in [5.41, 5.74) is -0.310. The van der Waals surface area contributed by atoms with E-state index in [0.717, 1.165) is 18.2 Å². The van der Waals surface area contributed by atoms with Crippen LogP contribution in [0.5, 0.6) is 0 Å². The number of aliphatic carboxylic acids is 1. The van der Waals surface area contributed by atoms with Crippen LogP contribution in [-0.4, -0.2) is 29.1 Å². The normalized spacial score (nSPS) is 10.1. The third-order valence-corrected chi connectivity index (χ3v) is 2.29. The van der Waals surface area contributed by atoms with E-state index in [-0.39, 0.29) is 11.4 Å². The fraction of sp³-hybridized carbons (Fsp3) is 0.364. The predicted octanol–water partition coefficient (Wildman–Crippen LogP) is 2.03. The zero-order chi connectivity index (χ0) is 13.7. The molecule has 0 aromatic heterocycles. The number of hydrogen-bond donors (Lipinski definition) is 1. The molecule has 0 heterocycles. The average Bonchev–Trinajstić information content (AvgIpc) is 2.27. The third kappa shape index (κ3) is 3.41. The highest BCUT2D eigenvalue weighted by Crippen LogP contribution is 2.28. The number of nitro benzene ring substituents is 1. The number of carboxylic acid groups (broad SMARTS) is 1. The van der Waals surface area contributed by atoms with Crippen molar-refractivity contribution in [3.05, 3.63) is 34.1 Å². The Morgan fingerprint density at radius 2 is 2.22 bits per heavy atom. The molecule has 0 bridgehead atoms. The molecule has 0 spiro atoms. The smallest absolute Gasteiger partial charge is 0.323 e. The van der Waals surface area contributed by atoms with Crippen LogP contribution in [-0.2, 0) is 4.79 Å². The fourth-order valence-corrected chi connectivity index (χ4v) is 1.62. The Bertz CT molecular complexity index is 464. The number of nitrogens with zero attached hydrogens (tertiary/aromatic N) is 2. The lowest BCUT2D eigenvalue weighted by Gasteiger charge is -2.21. The van der Waals surface area contributed by atoms with E-state index in [4.69, 9.17) is 5.11 Å². The van der Waals surface area contributed by atoms with Gasteiger partial charge in [0.05, 0.1) is 4.92 Å². The molecule has 1 aromatic carbocycles. The van der Waals surface area contributed by atoms with E-state index in [0.29, 0.717) is 13.0 Å².